The molecule has 1 aliphatic rings. The first kappa shape index (κ1) is 15.3. The molecule has 0 saturated heterocycles. The van der Waals surface area contributed by atoms with Gasteiger partial charge in [0.1, 0.15) is 9.91 Å². The fourth-order valence-electron chi connectivity index (χ4n) is 2.25. The lowest BCUT2D eigenvalue weighted by atomic mass is 10.0. The van der Waals surface area contributed by atoms with Crippen molar-refractivity contribution in [1.29, 1.82) is 0 Å². The molecule has 5 heteroatoms. The number of nitrogens with zero attached hydrogens (tertiary/aromatic N) is 1. The van der Waals surface area contributed by atoms with E-state index in [1.807, 2.05) is 61.5 Å². The number of benzene rings is 2. The summed E-state index contributed by atoms with van der Waals surface area (Å²) in [4.78, 5) is 12.0. The van der Waals surface area contributed by atoms with Gasteiger partial charge in [-0.15, -0.1) is 0 Å². The van der Waals surface area contributed by atoms with E-state index in [0.29, 0.717) is 6.42 Å². The molecular formula is C17H15BrN2OS. The van der Waals surface area contributed by atoms with Crippen LogP contribution in [0.1, 0.15) is 29.3 Å². The van der Waals surface area contributed by atoms with E-state index >= 15 is 0 Å². The molecule has 1 heterocycles. The third kappa shape index (κ3) is 3.42. The van der Waals surface area contributed by atoms with Crippen LogP contribution in [0, 0.1) is 0 Å². The van der Waals surface area contributed by atoms with E-state index in [-0.39, 0.29) is 5.78 Å². The van der Waals surface area contributed by atoms with Gasteiger partial charge in [-0.05, 0) is 19.1 Å². The van der Waals surface area contributed by atoms with Crippen LogP contribution in [0.25, 0.3) is 0 Å². The number of hydrogen-bond donors (Lipinski definition) is 1. The lowest BCUT2D eigenvalue weighted by Crippen LogP contribution is -2.34. The van der Waals surface area contributed by atoms with Crippen LogP contribution in [0.2, 0.25) is 0 Å². The largest absolute Gasteiger partial charge is 0.294 e. The molecule has 1 aliphatic heterocycles. The monoisotopic (exact) mass is 374 g/mol. The molecule has 1 N–H and O–H groups in total. The molecule has 0 amide bonds. The van der Waals surface area contributed by atoms with Crippen molar-refractivity contribution in [2.45, 2.75) is 18.2 Å². The van der Waals surface area contributed by atoms with Crippen LogP contribution >= 0.6 is 27.7 Å². The van der Waals surface area contributed by atoms with Crippen molar-refractivity contribution in [3.63, 3.8) is 0 Å². The van der Waals surface area contributed by atoms with Crippen LogP contribution < -0.4 is 5.43 Å². The summed E-state index contributed by atoms with van der Waals surface area (Å²) in [5.41, 5.74) is 4.91. The Hall–Kier alpha value is -1.59. The summed E-state index contributed by atoms with van der Waals surface area (Å²) in [7, 11) is 0. The molecule has 0 radical (unpaired) electrons. The van der Waals surface area contributed by atoms with Crippen molar-refractivity contribution in [3.8, 4) is 0 Å². The van der Waals surface area contributed by atoms with Gasteiger partial charge in [0.15, 0.2) is 5.78 Å². The number of carbonyl (C=O) groups excluding carboxylic acids is 1. The van der Waals surface area contributed by atoms with Crippen LogP contribution in [0.4, 0.5) is 0 Å². The molecule has 0 aromatic heterocycles. The van der Waals surface area contributed by atoms with Crippen molar-refractivity contribution >= 4 is 38.5 Å². The topological polar surface area (TPSA) is 41.5 Å². The highest BCUT2D eigenvalue weighted by Gasteiger charge is 2.35. The summed E-state index contributed by atoms with van der Waals surface area (Å²) >= 11 is 4.98. The highest BCUT2D eigenvalue weighted by molar-refractivity contribution is 9.10. The summed E-state index contributed by atoms with van der Waals surface area (Å²) in [5, 5.41) is 5.31. The Bertz CT molecular complexity index is 715. The standard InChI is InChI=1S/C17H15BrN2OS/c1-17(11-15(21)12-7-9-14(18)10-8-12)20-19-16(22-17)13-5-3-2-4-6-13/h2-10,20H,11H2,1H3. The van der Waals surface area contributed by atoms with E-state index in [4.69, 9.17) is 0 Å². The van der Waals surface area contributed by atoms with E-state index in [1.54, 1.807) is 11.8 Å². The van der Waals surface area contributed by atoms with Crippen LogP contribution in [-0.2, 0) is 0 Å². The fraction of sp³-hybridized carbons (Fsp3) is 0.176. The van der Waals surface area contributed by atoms with Crippen molar-refractivity contribution in [2.24, 2.45) is 5.10 Å². The van der Waals surface area contributed by atoms with E-state index in [0.717, 1.165) is 20.6 Å². The van der Waals surface area contributed by atoms with Gasteiger partial charge in [-0.1, -0.05) is 70.2 Å². The number of hydrogen-bond acceptors (Lipinski definition) is 4. The maximum Gasteiger partial charge on any atom is 0.166 e. The predicted molar refractivity (Wildman–Crippen MR) is 95.2 cm³/mol. The average molecular weight is 375 g/mol. The van der Waals surface area contributed by atoms with Gasteiger partial charge in [-0.3, -0.25) is 10.2 Å². The molecule has 1 atom stereocenters. The third-order valence-corrected chi connectivity index (χ3v) is 5.14. The van der Waals surface area contributed by atoms with Crippen LogP contribution in [0.3, 0.4) is 0 Å². The van der Waals surface area contributed by atoms with Gasteiger partial charge in [0.25, 0.3) is 0 Å². The number of carbonyl (C=O) groups is 1. The minimum absolute atomic E-state index is 0.111. The molecule has 0 saturated carbocycles. The van der Waals surface area contributed by atoms with E-state index in [2.05, 4.69) is 26.5 Å². The van der Waals surface area contributed by atoms with Crippen molar-refractivity contribution in [1.82, 2.24) is 5.43 Å². The minimum atomic E-state index is -0.407. The molecule has 0 bridgehead atoms. The first-order valence-electron chi connectivity index (χ1n) is 6.94. The van der Waals surface area contributed by atoms with Crippen molar-refractivity contribution in [3.05, 3.63) is 70.2 Å². The Balaban J connectivity index is 1.69. The number of ketones is 1. The van der Waals surface area contributed by atoms with E-state index in [9.17, 15) is 4.79 Å². The lowest BCUT2D eigenvalue weighted by molar-refractivity contribution is 0.0967. The lowest BCUT2D eigenvalue weighted by Gasteiger charge is -2.21. The number of nitrogens with one attached hydrogen (secondary N) is 1. The maximum absolute atomic E-state index is 12.4. The zero-order chi connectivity index (χ0) is 15.6. The summed E-state index contributed by atoms with van der Waals surface area (Å²) < 4.78 is 0.971. The normalized spacial score (nSPS) is 20.4. The summed E-state index contributed by atoms with van der Waals surface area (Å²) in [6.45, 7) is 2.01. The smallest absolute Gasteiger partial charge is 0.166 e. The second kappa shape index (κ2) is 6.26. The van der Waals surface area contributed by atoms with Gasteiger partial charge in [0.05, 0.1) is 0 Å². The molecule has 1 unspecified atom stereocenters. The van der Waals surface area contributed by atoms with Gasteiger partial charge in [-0.25, -0.2) is 0 Å². The zero-order valence-corrected chi connectivity index (χ0v) is 14.4. The molecule has 0 fully saturated rings. The highest BCUT2D eigenvalue weighted by atomic mass is 79.9. The van der Waals surface area contributed by atoms with Gasteiger partial charge >= 0.3 is 0 Å². The number of hydrazone groups is 1. The number of halogens is 1. The SMILES string of the molecule is CC1(CC(=O)c2ccc(Br)cc2)NN=C(c2ccccc2)S1. The first-order valence-corrected chi connectivity index (χ1v) is 8.55. The Morgan fingerprint density at radius 3 is 2.55 bits per heavy atom. The predicted octanol–water partition coefficient (Wildman–Crippen LogP) is 4.44. The van der Waals surface area contributed by atoms with Crippen molar-refractivity contribution < 1.29 is 4.79 Å². The molecule has 22 heavy (non-hydrogen) atoms. The average Bonchev–Trinajstić information content (AvgIpc) is 2.91. The molecular weight excluding hydrogens is 360 g/mol. The first-order chi connectivity index (χ1) is 10.6. The van der Waals surface area contributed by atoms with Gasteiger partial charge < -0.3 is 0 Å². The van der Waals surface area contributed by atoms with Crippen molar-refractivity contribution in [2.75, 3.05) is 0 Å². The van der Waals surface area contributed by atoms with E-state index in [1.165, 1.54) is 0 Å². The second-order valence-corrected chi connectivity index (χ2v) is 7.74. The molecule has 2 aromatic carbocycles. The van der Waals surface area contributed by atoms with Crippen LogP contribution in [0.15, 0.2) is 64.2 Å². The third-order valence-electron chi connectivity index (χ3n) is 3.40. The van der Waals surface area contributed by atoms with Crippen LogP contribution in [0.5, 0.6) is 0 Å². The van der Waals surface area contributed by atoms with Gasteiger partial charge in [0, 0.05) is 22.0 Å². The van der Waals surface area contributed by atoms with Gasteiger partial charge in [-0.2, -0.15) is 5.10 Å². The summed E-state index contributed by atoms with van der Waals surface area (Å²) in [5.74, 6) is 0.111. The highest BCUT2D eigenvalue weighted by Crippen LogP contribution is 2.35. The molecule has 112 valence electrons. The Kier molecular flexibility index (Phi) is 4.36. The molecule has 3 rings (SSSR count). The zero-order valence-electron chi connectivity index (χ0n) is 12.0. The number of thioether (sulfide) groups is 1. The van der Waals surface area contributed by atoms with E-state index < -0.39 is 4.87 Å². The molecule has 2 aromatic rings. The molecule has 0 aliphatic carbocycles. The molecule has 0 spiro atoms. The van der Waals surface area contributed by atoms with Crippen LogP contribution in [-0.4, -0.2) is 15.7 Å². The Labute approximate surface area is 142 Å². The quantitative estimate of drug-likeness (QED) is 0.804. The summed E-state index contributed by atoms with van der Waals surface area (Å²) in [6.07, 6.45) is 0.388. The number of rotatable bonds is 4. The molecule has 3 nitrogen and oxygen atoms in total. The van der Waals surface area contributed by atoms with Gasteiger partial charge in [0.2, 0.25) is 0 Å². The minimum Gasteiger partial charge on any atom is -0.294 e. The fourth-order valence-corrected chi connectivity index (χ4v) is 3.58. The second-order valence-electron chi connectivity index (χ2n) is 5.33. The summed E-state index contributed by atoms with van der Waals surface area (Å²) in [6, 6.07) is 17.5. The number of Topliss-reactive ketones (excluding diaryl/α,β-unsaturated/α-hetero) is 1. The Morgan fingerprint density at radius 2 is 1.86 bits per heavy atom. The Morgan fingerprint density at radius 1 is 1.18 bits per heavy atom. The maximum atomic E-state index is 12.4.